The van der Waals surface area contributed by atoms with E-state index in [1.165, 1.54) is 43.5 Å². The van der Waals surface area contributed by atoms with Crippen LogP contribution in [0.2, 0.25) is 0 Å². The highest BCUT2D eigenvalue weighted by molar-refractivity contribution is 5.94. The molecule has 3 atom stereocenters. The van der Waals surface area contributed by atoms with Crippen molar-refractivity contribution in [1.29, 1.82) is 0 Å². The minimum absolute atomic E-state index is 0.00815. The van der Waals surface area contributed by atoms with Crippen molar-refractivity contribution in [3.05, 3.63) is 95.1 Å². The number of carbonyl (C=O) groups excluding carboxylic acids is 1. The number of hydrogen-bond acceptors (Lipinski definition) is 3. The van der Waals surface area contributed by atoms with Crippen LogP contribution in [-0.2, 0) is 18.3 Å². The number of para-hydroxylation sites is 2. The molecule has 1 N–H and O–H groups in total. The maximum Gasteiger partial charge on any atom is 0.251 e. The van der Waals surface area contributed by atoms with E-state index in [1.54, 1.807) is 0 Å². The number of nitrogens with one attached hydrogen (secondary N) is 1. The van der Waals surface area contributed by atoms with Crippen LogP contribution < -0.4 is 10.1 Å². The normalized spacial score (nSPS) is 24.8. The Morgan fingerprint density at radius 2 is 1.84 bits per heavy atom. The Morgan fingerprint density at radius 1 is 1.05 bits per heavy atom. The van der Waals surface area contributed by atoms with E-state index in [0.717, 1.165) is 35.0 Å². The van der Waals surface area contributed by atoms with Gasteiger partial charge in [0.1, 0.15) is 11.5 Å². The second-order valence-electron chi connectivity index (χ2n) is 11.6. The highest BCUT2D eigenvalue weighted by atomic mass is 16.5. The summed E-state index contributed by atoms with van der Waals surface area (Å²) in [6.45, 7) is 7.90. The highest BCUT2D eigenvalue weighted by Crippen LogP contribution is 2.49. The van der Waals surface area contributed by atoms with Gasteiger partial charge in [-0.2, -0.15) is 0 Å². The van der Waals surface area contributed by atoms with Gasteiger partial charge in [-0.3, -0.25) is 9.69 Å². The van der Waals surface area contributed by atoms with Crippen LogP contribution in [0.1, 0.15) is 60.2 Å². The zero-order valence-electron chi connectivity index (χ0n) is 22.1. The lowest BCUT2D eigenvalue weighted by molar-refractivity contribution is 0.0284. The van der Waals surface area contributed by atoms with Gasteiger partial charge in [-0.1, -0.05) is 56.3 Å². The van der Waals surface area contributed by atoms with E-state index >= 15 is 0 Å². The number of fused-ring (bicyclic) bond motifs is 4. The molecule has 3 aromatic carbocycles. The molecule has 0 radical (unpaired) electrons. The molecule has 0 unspecified atom stereocenters. The topological polar surface area (TPSA) is 41.6 Å². The lowest BCUT2D eigenvalue weighted by Crippen LogP contribution is -2.58. The fraction of sp³-hybridized carbons (Fsp3) is 0.424. The summed E-state index contributed by atoms with van der Waals surface area (Å²) >= 11 is 0. The zero-order chi connectivity index (χ0) is 25.4. The van der Waals surface area contributed by atoms with Gasteiger partial charge in [0.15, 0.2) is 0 Å². The summed E-state index contributed by atoms with van der Waals surface area (Å²) < 4.78 is 6.09. The fourth-order valence-electron chi connectivity index (χ4n) is 6.55. The quantitative estimate of drug-likeness (QED) is 0.395. The molecule has 2 aliphatic carbocycles. The van der Waals surface area contributed by atoms with Crippen LogP contribution in [0, 0.1) is 11.8 Å². The zero-order valence-corrected chi connectivity index (χ0v) is 22.1. The Labute approximate surface area is 221 Å². The number of rotatable bonds is 8. The van der Waals surface area contributed by atoms with Crippen molar-refractivity contribution in [2.75, 3.05) is 19.6 Å². The van der Waals surface area contributed by atoms with E-state index in [9.17, 15) is 4.79 Å². The van der Waals surface area contributed by atoms with E-state index < -0.39 is 0 Å². The molecule has 2 bridgehead atoms. The monoisotopic (exact) mass is 494 g/mol. The molecule has 2 fully saturated rings. The average molecular weight is 495 g/mol. The summed E-state index contributed by atoms with van der Waals surface area (Å²) in [5, 5.41) is 3.16. The van der Waals surface area contributed by atoms with Crippen molar-refractivity contribution in [3.8, 4) is 11.5 Å². The number of likely N-dealkylation sites (tertiary alicyclic amines) is 1. The first-order valence-electron chi connectivity index (χ1n) is 14.0. The Kier molecular flexibility index (Phi) is 6.54. The first-order valence-corrected chi connectivity index (χ1v) is 14.0. The molecule has 6 rings (SSSR count). The Balaban J connectivity index is 1.12. The van der Waals surface area contributed by atoms with Gasteiger partial charge in [0.05, 0.1) is 0 Å². The van der Waals surface area contributed by atoms with Crippen LogP contribution in [0.5, 0.6) is 11.5 Å². The van der Waals surface area contributed by atoms with Gasteiger partial charge >= 0.3 is 0 Å². The number of ether oxygens (including phenoxy) is 1. The van der Waals surface area contributed by atoms with Gasteiger partial charge in [0, 0.05) is 24.7 Å². The van der Waals surface area contributed by atoms with Crippen LogP contribution in [0.15, 0.2) is 72.8 Å². The molecule has 4 nitrogen and oxygen atoms in total. The Morgan fingerprint density at radius 3 is 2.65 bits per heavy atom. The van der Waals surface area contributed by atoms with Gasteiger partial charge in [-0.15, -0.1) is 0 Å². The summed E-state index contributed by atoms with van der Waals surface area (Å²) in [7, 11) is 0. The molecule has 1 heterocycles. The SMILES string of the molecule is C[C@@H]1[C@H]2Cc3ccc(C(=O)NCCc4ccccc4Oc4ccccc4)cc3[C@]1(C)CCN2CC1CC1. The lowest BCUT2D eigenvalue weighted by Gasteiger charge is -2.55. The molecular weight excluding hydrogens is 456 g/mol. The smallest absolute Gasteiger partial charge is 0.251 e. The van der Waals surface area contributed by atoms with Crippen molar-refractivity contribution < 1.29 is 9.53 Å². The summed E-state index contributed by atoms with van der Waals surface area (Å²) in [6, 6.07) is 25.0. The Hall–Kier alpha value is -3.11. The molecule has 1 saturated carbocycles. The molecule has 1 aliphatic heterocycles. The maximum atomic E-state index is 13.2. The van der Waals surface area contributed by atoms with Gasteiger partial charge in [-0.25, -0.2) is 0 Å². The number of piperidine rings is 1. The highest BCUT2D eigenvalue weighted by Gasteiger charge is 2.49. The molecular formula is C33H38N2O2. The molecule has 3 aliphatic rings. The van der Waals surface area contributed by atoms with Crippen LogP contribution in [0.3, 0.4) is 0 Å². The molecule has 3 aromatic rings. The summed E-state index contributed by atoms with van der Waals surface area (Å²) in [5.74, 6) is 3.19. The van der Waals surface area contributed by atoms with Crippen molar-refractivity contribution in [2.45, 2.75) is 57.4 Å². The first kappa shape index (κ1) is 24.2. The molecule has 192 valence electrons. The van der Waals surface area contributed by atoms with Crippen molar-refractivity contribution >= 4 is 5.91 Å². The van der Waals surface area contributed by atoms with Gasteiger partial charge in [0.2, 0.25) is 0 Å². The summed E-state index contributed by atoms with van der Waals surface area (Å²) in [4.78, 5) is 16.0. The number of nitrogens with zero attached hydrogens (tertiary/aromatic N) is 1. The Bertz CT molecular complexity index is 1270. The minimum Gasteiger partial charge on any atom is -0.457 e. The number of benzene rings is 3. The van der Waals surface area contributed by atoms with E-state index in [-0.39, 0.29) is 11.3 Å². The number of carbonyl (C=O) groups is 1. The fourth-order valence-corrected chi connectivity index (χ4v) is 6.55. The standard InChI is InChI=1S/C33H38N2O2/c1-23-30-21-26-14-15-27(20-29(26)33(23,2)17-19-35(30)22-24-12-13-24)32(36)34-18-16-25-8-6-7-11-31(25)37-28-9-4-3-5-10-28/h3-11,14-15,20,23-24,30H,12-13,16-19,21-22H2,1-2H3,(H,34,36)/t23-,30-,33-/m1/s1. The molecule has 0 spiro atoms. The molecule has 1 amide bonds. The second-order valence-corrected chi connectivity index (χ2v) is 11.6. The van der Waals surface area contributed by atoms with Crippen LogP contribution in [0.25, 0.3) is 0 Å². The van der Waals surface area contributed by atoms with Gasteiger partial charge in [-0.05, 0) is 103 Å². The maximum absolute atomic E-state index is 13.2. The predicted molar refractivity (Wildman–Crippen MR) is 148 cm³/mol. The minimum atomic E-state index is 0.00815. The van der Waals surface area contributed by atoms with Gasteiger partial charge < -0.3 is 10.1 Å². The van der Waals surface area contributed by atoms with Crippen molar-refractivity contribution in [1.82, 2.24) is 10.2 Å². The van der Waals surface area contributed by atoms with Gasteiger partial charge in [0.25, 0.3) is 5.91 Å². The predicted octanol–water partition coefficient (Wildman–Crippen LogP) is 6.39. The van der Waals surface area contributed by atoms with Crippen molar-refractivity contribution in [2.24, 2.45) is 11.8 Å². The third-order valence-corrected chi connectivity index (χ3v) is 9.20. The molecule has 37 heavy (non-hydrogen) atoms. The van der Waals surface area contributed by atoms with E-state index in [0.29, 0.717) is 24.9 Å². The molecule has 4 heteroatoms. The van der Waals surface area contributed by atoms with Crippen LogP contribution in [0.4, 0.5) is 0 Å². The average Bonchev–Trinajstić information content (AvgIpc) is 3.73. The number of hydrogen-bond donors (Lipinski definition) is 1. The van der Waals surface area contributed by atoms with Crippen molar-refractivity contribution in [3.63, 3.8) is 0 Å². The summed E-state index contributed by atoms with van der Waals surface area (Å²) in [6.07, 6.45) is 5.82. The van der Waals surface area contributed by atoms with Crippen LogP contribution >= 0.6 is 0 Å². The third-order valence-electron chi connectivity index (χ3n) is 9.20. The number of amides is 1. The molecule has 1 saturated heterocycles. The van der Waals surface area contributed by atoms with E-state index in [4.69, 9.17) is 4.74 Å². The lowest BCUT2D eigenvalue weighted by atomic mass is 9.59. The van der Waals surface area contributed by atoms with E-state index in [1.807, 2.05) is 54.6 Å². The largest absolute Gasteiger partial charge is 0.457 e. The summed E-state index contributed by atoms with van der Waals surface area (Å²) in [5.41, 5.74) is 4.84. The van der Waals surface area contributed by atoms with Crippen LogP contribution in [-0.4, -0.2) is 36.5 Å². The first-order chi connectivity index (χ1) is 18.0. The third kappa shape index (κ3) is 4.92. The molecule has 0 aromatic heterocycles. The second kappa shape index (κ2) is 9.98. The van der Waals surface area contributed by atoms with E-state index in [2.05, 4.69) is 42.3 Å².